The molecule has 35 heavy (non-hydrogen) atoms. The summed E-state index contributed by atoms with van der Waals surface area (Å²) in [7, 11) is 3.29. The van der Waals surface area contributed by atoms with E-state index in [0.29, 0.717) is 42.0 Å². The Morgan fingerprint density at radius 2 is 1.54 bits per heavy atom. The molecule has 1 aliphatic carbocycles. The van der Waals surface area contributed by atoms with Gasteiger partial charge in [-0.2, -0.15) is 5.26 Å². The van der Waals surface area contributed by atoms with E-state index in [-0.39, 0.29) is 6.10 Å². The highest BCUT2D eigenvalue weighted by Crippen LogP contribution is 2.35. The molecule has 0 unspecified atom stereocenters. The lowest BCUT2D eigenvalue weighted by Crippen LogP contribution is -2.34. The minimum Gasteiger partial charge on any atom is -0.496 e. The van der Waals surface area contributed by atoms with Crippen LogP contribution in [0.5, 0.6) is 17.2 Å². The van der Waals surface area contributed by atoms with Crippen LogP contribution in [0.1, 0.15) is 42.4 Å². The first-order valence-corrected chi connectivity index (χ1v) is 12.0. The van der Waals surface area contributed by atoms with E-state index >= 15 is 0 Å². The van der Waals surface area contributed by atoms with E-state index < -0.39 is 0 Å². The lowest BCUT2D eigenvalue weighted by Gasteiger charge is -2.27. The van der Waals surface area contributed by atoms with Crippen molar-refractivity contribution in [2.24, 2.45) is 0 Å². The third-order valence-electron chi connectivity index (χ3n) is 6.60. The van der Waals surface area contributed by atoms with Crippen LogP contribution in [-0.2, 0) is 13.2 Å². The number of hydrogen-bond donors (Lipinski definition) is 2. The molecule has 182 valence electrons. The number of methoxy groups -OCH3 is 2. The highest BCUT2D eigenvalue weighted by atomic mass is 16.5. The fourth-order valence-corrected chi connectivity index (χ4v) is 4.63. The minimum absolute atomic E-state index is 0.174. The van der Waals surface area contributed by atoms with Crippen molar-refractivity contribution in [3.05, 3.63) is 77.4 Å². The molecule has 0 spiro atoms. The maximum Gasteiger partial charge on any atom is 0.130 e. The monoisotopic (exact) mass is 472 g/mol. The minimum atomic E-state index is -0.174. The normalized spacial score (nSPS) is 17.4. The van der Waals surface area contributed by atoms with Crippen molar-refractivity contribution in [2.45, 2.75) is 51.0 Å². The van der Waals surface area contributed by atoms with E-state index in [1.54, 1.807) is 14.2 Å². The molecule has 3 aromatic rings. The number of hydrogen-bond acceptors (Lipinski definition) is 6. The summed E-state index contributed by atoms with van der Waals surface area (Å²) in [5.74, 6) is 2.04. The molecule has 6 nitrogen and oxygen atoms in total. The average Bonchev–Trinajstić information content (AvgIpc) is 2.91. The van der Waals surface area contributed by atoms with E-state index in [1.165, 1.54) is 0 Å². The third-order valence-corrected chi connectivity index (χ3v) is 6.60. The van der Waals surface area contributed by atoms with Gasteiger partial charge in [0.05, 0.1) is 37.5 Å². The smallest absolute Gasteiger partial charge is 0.130 e. The molecule has 0 heterocycles. The van der Waals surface area contributed by atoms with Gasteiger partial charge in [-0.3, -0.25) is 0 Å². The van der Waals surface area contributed by atoms with Gasteiger partial charge in [0.25, 0.3) is 0 Å². The molecule has 1 aliphatic rings. The lowest BCUT2D eigenvalue weighted by atomic mass is 9.93. The fourth-order valence-electron chi connectivity index (χ4n) is 4.63. The highest BCUT2D eigenvalue weighted by Gasteiger charge is 2.21. The van der Waals surface area contributed by atoms with Gasteiger partial charge in [-0.25, -0.2) is 0 Å². The summed E-state index contributed by atoms with van der Waals surface area (Å²) in [6.07, 6.45) is 3.41. The van der Waals surface area contributed by atoms with Crippen LogP contribution in [0.25, 0.3) is 11.1 Å². The van der Waals surface area contributed by atoms with Gasteiger partial charge in [0.15, 0.2) is 0 Å². The van der Waals surface area contributed by atoms with Crippen molar-refractivity contribution in [1.82, 2.24) is 5.32 Å². The predicted octanol–water partition coefficient (Wildman–Crippen LogP) is 5.21. The number of benzene rings is 3. The molecule has 3 aromatic carbocycles. The summed E-state index contributed by atoms with van der Waals surface area (Å²) in [5, 5.41) is 22.9. The molecular formula is C29H32N2O4. The van der Waals surface area contributed by atoms with Crippen molar-refractivity contribution in [3.63, 3.8) is 0 Å². The van der Waals surface area contributed by atoms with Gasteiger partial charge in [0.2, 0.25) is 0 Å². The molecular weight excluding hydrogens is 440 g/mol. The van der Waals surface area contributed by atoms with Gasteiger partial charge < -0.3 is 24.6 Å². The molecule has 0 radical (unpaired) electrons. The van der Waals surface area contributed by atoms with Crippen molar-refractivity contribution >= 4 is 0 Å². The Kier molecular flexibility index (Phi) is 8.25. The zero-order chi connectivity index (χ0) is 24.6. The first kappa shape index (κ1) is 24.6. The number of nitriles is 1. The maximum atomic E-state index is 9.75. The van der Waals surface area contributed by atoms with Crippen LogP contribution in [0.4, 0.5) is 0 Å². The molecule has 1 saturated carbocycles. The van der Waals surface area contributed by atoms with Gasteiger partial charge >= 0.3 is 0 Å². The molecule has 0 aliphatic heterocycles. The summed E-state index contributed by atoms with van der Waals surface area (Å²) < 4.78 is 17.6. The molecule has 0 aromatic heterocycles. The molecule has 0 saturated heterocycles. The average molecular weight is 473 g/mol. The Balaban J connectivity index is 1.51. The van der Waals surface area contributed by atoms with Crippen LogP contribution in [0, 0.1) is 11.3 Å². The quantitative estimate of drug-likeness (QED) is 0.445. The third kappa shape index (κ3) is 5.94. The number of ether oxygens (including phenoxy) is 3. The second kappa shape index (κ2) is 11.7. The van der Waals surface area contributed by atoms with Crippen molar-refractivity contribution in [2.75, 3.05) is 14.2 Å². The largest absolute Gasteiger partial charge is 0.496 e. The summed E-state index contributed by atoms with van der Waals surface area (Å²) in [5.41, 5.74) is 4.42. The van der Waals surface area contributed by atoms with Crippen LogP contribution in [0.3, 0.4) is 0 Å². The topological polar surface area (TPSA) is 83.7 Å². The van der Waals surface area contributed by atoms with Gasteiger partial charge in [-0.1, -0.05) is 42.5 Å². The van der Waals surface area contributed by atoms with Crippen LogP contribution < -0.4 is 19.5 Å². The molecule has 0 bridgehead atoms. The van der Waals surface area contributed by atoms with Crippen molar-refractivity contribution in [3.8, 4) is 34.4 Å². The number of rotatable bonds is 9. The van der Waals surface area contributed by atoms with Crippen molar-refractivity contribution in [1.29, 1.82) is 5.26 Å². The standard InChI is InChI=1S/C29H32N2O4/c1-33-28-15-24(16-29(34-2)27(28)18-31-22-11-13-23(32)14-12-22)35-19-21-8-4-6-10-26(21)25-9-5-3-7-20(25)17-30/h3-10,15-16,22-23,31-32H,11-14,18-19H2,1-2H3. The SMILES string of the molecule is COc1cc(OCc2ccccc2-c2ccccc2C#N)cc(OC)c1CNC1CCC(O)CC1. The van der Waals surface area contributed by atoms with E-state index in [0.717, 1.165) is 47.9 Å². The maximum absolute atomic E-state index is 9.75. The predicted molar refractivity (Wildman–Crippen MR) is 136 cm³/mol. The first-order valence-electron chi connectivity index (χ1n) is 12.0. The lowest BCUT2D eigenvalue weighted by molar-refractivity contribution is 0.116. The summed E-state index contributed by atoms with van der Waals surface area (Å²) in [6.45, 7) is 0.950. The molecule has 1 fully saturated rings. The molecule has 4 rings (SSSR count). The second-order valence-electron chi connectivity index (χ2n) is 8.80. The van der Waals surface area contributed by atoms with E-state index in [1.807, 2.05) is 60.7 Å². The molecule has 2 N–H and O–H groups in total. The van der Waals surface area contributed by atoms with Gasteiger partial charge in [-0.05, 0) is 48.4 Å². The van der Waals surface area contributed by atoms with E-state index in [2.05, 4.69) is 11.4 Å². The zero-order valence-electron chi connectivity index (χ0n) is 20.3. The van der Waals surface area contributed by atoms with Crippen molar-refractivity contribution < 1.29 is 19.3 Å². The van der Waals surface area contributed by atoms with Crippen LogP contribution in [0.15, 0.2) is 60.7 Å². The first-order chi connectivity index (χ1) is 17.1. The Labute approximate surface area is 207 Å². The Bertz CT molecular complexity index is 1150. The van der Waals surface area contributed by atoms with Crippen LogP contribution in [-0.4, -0.2) is 31.5 Å². The molecule has 0 atom stereocenters. The highest BCUT2D eigenvalue weighted by molar-refractivity contribution is 5.73. The van der Waals surface area contributed by atoms with E-state index in [9.17, 15) is 10.4 Å². The number of nitrogens with zero attached hydrogens (tertiary/aromatic N) is 1. The fraction of sp³-hybridized carbons (Fsp3) is 0.345. The van der Waals surface area contributed by atoms with Gasteiger partial charge in [0, 0.05) is 24.7 Å². The van der Waals surface area contributed by atoms with Gasteiger partial charge in [0.1, 0.15) is 23.9 Å². The Morgan fingerprint density at radius 1 is 0.914 bits per heavy atom. The molecule has 6 heteroatoms. The summed E-state index contributed by atoms with van der Waals surface area (Å²) >= 11 is 0. The zero-order valence-corrected chi connectivity index (χ0v) is 20.3. The van der Waals surface area contributed by atoms with E-state index in [4.69, 9.17) is 14.2 Å². The summed E-state index contributed by atoms with van der Waals surface area (Å²) in [4.78, 5) is 0. The number of aliphatic hydroxyl groups is 1. The number of nitrogens with one attached hydrogen (secondary N) is 1. The van der Waals surface area contributed by atoms with Crippen LogP contribution in [0.2, 0.25) is 0 Å². The Morgan fingerprint density at radius 3 is 2.20 bits per heavy atom. The molecule has 0 amide bonds. The van der Waals surface area contributed by atoms with Gasteiger partial charge in [-0.15, -0.1) is 0 Å². The van der Waals surface area contributed by atoms with Crippen LogP contribution >= 0.6 is 0 Å². The number of aliphatic hydroxyl groups excluding tert-OH is 1. The second-order valence-corrected chi connectivity index (χ2v) is 8.80. The Hall–Kier alpha value is -3.53. The summed E-state index contributed by atoms with van der Waals surface area (Å²) in [6, 6.07) is 22.0.